The van der Waals surface area contributed by atoms with Crippen LogP contribution in [0.5, 0.6) is 0 Å². The fourth-order valence-corrected chi connectivity index (χ4v) is 1.51. The summed E-state index contributed by atoms with van der Waals surface area (Å²) >= 11 is 0. The summed E-state index contributed by atoms with van der Waals surface area (Å²) in [5, 5.41) is 2.96. The normalized spacial score (nSPS) is 31.5. The number of carbonyl (C=O) groups is 1. The van der Waals surface area contributed by atoms with Gasteiger partial charge in [0.05, 0.1) is 6.10 Å². The maximum absolute atomic E-state index is 11.4. The van der Waals surface area contributed by atoms with E-state index in [1.54, 1.807) is 0 Å². The first-order valence-electron chi connectivity index (χ1n) is 5.27. The third-order valence-corrected chi connectivity index (χ3v) is 2.61. The molecule has 0 unspecified atom stereocenters. The van der Waals surface area contributed by atoms with Gasteiger partial charge in [-0.25, -0.2) is 0 Å². The van der Waals surface area contributed by atoms with Crippen LogP contribution in [0.15, 0.2) is 0 Å². The van der Waals surface area contributed by atoms with Gasteiger partial charge in [-0.3, -0.25) is 4.79 Å². The van der Waals surface area contributed by atoms with Crippen LogP contribution in [-0.4, -0.2) is 24.2 Å². The predicted molar refractivity (Wildman–Crippen MR) is 49.4 cm³/mol. The molecule has 1 N–H and O–H groups in total. The highest BCUT2D eigenvalue weighted by Crippen LogP contribution is 2.28. The van der Waals surface area contributed by atoms with E-state index < -0.39 is 0 Å². The van der Waals surface area contributed by atoms with Gasteiger partial charge in [0, 0.05) is 6.04 Å². The first-order valence-corrected chi connectivity index (χ1v) is 5.27. The van der Waals surface area contributed by atoms with Crippen LogP contribution in [-0.2, 0) is 9.53 Å². The monoisotopic (exact) mass is 183 g/mol. The van der Waals surface area contributed by atoms with Gasteiger partial charge in [0.15, 0.2) is 6.10 Å². The lowest BCUT2D eigenvalue weighted by Crippen LogP contribution is -2.30. The van der Waals surface area contributed by atoms with Crippen molar-refractivity contribution in [1.82, 2.24) is 5.32 Å². The number of epoxide rings is 1. The second-order valence-corrected chi connectivity index (χ2v) is 4.02. The Bertz CT molecular complexity index is 201. The summed E-state index contributed by atoms with van der Waals surface area (Å²) in [4.78, 5) is 11.4. The zero-order valence-corrected chi connectivity index (χ0v) is 8.08. The van der Waals surface area contributed by atoms with E-state index in [2.05, 4.69) is 12.2 Å². The van der Waals surface area contributed by atoms with Gasteiger partial charge >= 0.3 is 0 Å². The first kappa shape index (κ1) is 9.00. The summed E-state index contributed by atoms with van der Waals surface area (Å²) in [5.41, 5.74) is 0. The molecule has 0 bridgehead atoms. The molecule has 1 aliphatic heterocycles. The Morgan fingerprint density at radius 1 is 1.54 bits per heavy atom. The SMILES string of the molecule is CCCC[C@@H]1O[C@H]1C(=O)NC1CC1. The van der Waals surface area contributed by atoms with Gasteiger partial charge in [-0.05, 0) is 19.3 Å². The lowest BCUT2D eigenvalue weighted by molar-refractivity contribution is -0.122. The lowest BCUT2D eigenvalue weighted by atomic mass is 10.1. The van der Waals surface area contributed by atoms with Gasteiger partial charge < -0.3 is 10.1 Å². The largest absolute Gasteiger partial charge is 0.359 e. The molecule has 2 rings (SSSR count). The van der Waals surface area contributed by atoms with E-state index in [0.717, 1.165) is 25.7 Å². The Balaban J connectivity index is 1.63. The van der Waals surface area contributed by atoms with Gasteiger partial charge in [-0.15, -0.1) is 0 Å². The number of carbonyl (C=O) groups excluding carboxylic acids is 1. The molecule has 0 radical (unpaired) electrons. The Hall–Kier alpha value is -0.570. The van der Waals surface area contributed by atoms with Crippen molar-refractivity contribution in [1.29, 1.82) is 0 Å². The highest BCUT2D eigenvalue weighted by Gasteiger charge is 2.45. The minimum absolute atomic E-state index is 0.114. The molecule has 1 heterocycles. The number of nitrogens with one attached hydrogen (secondary N) is 1. The maximum Gasteiger partial charge on any atom is 0.252 e. The standard InChI is InChI=1S/C10H17NO2/c1-2-3-4-8-9(13-8)10(12)11-7-5-6-7/h7-9H,2-6H2,1H3,(H,11,12)/t8-,9+/m0/s1. The number of unbranched alkanes of at least 4 members (excludes halogenated alkanes) is 1. The Labute approximate surface area is 78.8 Å². The third kappa shape index (κ3) is 2.44. The van der Waals surface area contributed by atoms with Gasteiger partial charge in [0.2, 0.25) is 0 Å². The molecule has 3 nitrogen and oxygen atoms in total. The van der Waals surface area contributed by atoms with Crippen molar-refractivity contribution in [2.75, 3.05) is 0 Å². The summed E-state index contributed by atoms with van der Waals surface area (Å²) in [6.45, 7) is 2.15. The quantitative estimate of drug-likeness (QED) is 0.651. The van der Waals surface area contributed by atoms with Crippen molar-refractivity contribution in [3.05, 3.63) is 0 Å². The second kappa shape index (κ2) is 3.66. The van der Waals surface area contributed by atoms with E-state index in [1.807, 2.05) is 0 Å². The minimum Gasteiger partial charge on any atom is -0.359 e. The van der Waals surface area contributed by atoms with Crippen LogP contribution < -0.4 is 5.32 Å². The van der Waals surface area contributed by atoms with Crippen LogP contribution in [0.4, 0.5) is 0 Å². The van der Waals surface area contributed by atoms with Crippen LogP contribution in [0.2, 0.25) is 0 Å². The molecule has 74 valence electrons. The summed E-state index contributed by atoms with van der Waals surface area (Å²) in [6, 6.07) is 0.462. The van der Waals surface area contributed by atoms with Crippen LogP contribution in [0.25, 0.3) is 0 Å². The summed E-state index contributed by atoms with van der Waals surface area (Å²) in [6.07, 6.45) is 5.79. The van der Waals surface area contributed by atoms with Crippen LogP contribution in [0.1, 0.15) is 39.0 Å². The highest BCUT2D eigenvalue weighted by atomic mass is 16.6. The Morgan fingerprint density at radius 2 is 2.31 bits per heavy atom. The van der Waals surface area contributed by atoms with Gasteiger partial charge in [-0.1, -0.05) is 19.8 Å². The van der Waals surface area contributed by atoms with E-state index in [4.69, 9.17) is 4.74 Å². The fourth-order valence-electron chi connectivity index (χ4n) is 1.51. The van der Waals surface area contributed by atoms with Crippen molar-refractivity contribution in [3.8, 4) is 0 Å². The smallest absolute Gasteiger partial charge is 0.252 e. The molecule has 2 atom stereocenters. The number of rotatable bonds is 5. The highest BCUT2D eigenvalue weighted by molar-refractivity contribution is 5.84. The Kier molecular flexibility index (Phi) is 2.54. The average molecular weight is 183 g/mol. The van der Waals surface area contributed by atoms with Crippen molar-refractivity contribution in [3.63, 3.8) is 0 Å². The van der Waals surface area contributed by atoms with E-state index in [9.17, 15) is 4.79 Å². The second-order valence-electron chi connectivity index (χ2n) is 4.02. The summed E-state index contributed by atoms with van der Waals surface area (Å²) in [7, 11) is 0. The first-order chi connectivity index (χ1) is 6.31. The third-order valence-electron chi connectivity index (χ3n) is 2.61. The van der Waals surface area contributed by atoms with Crippen molar-refractivity contribution in [2.45, 2.75) is 57.3 Å². The molecule has 1 aliphatic carbocycles. The molecule has 0 spiro atoms. The van der Waals surface area contributed by atoms with Crippen LogP contribution >= 0.6 is 0 Å². The molecule has 2 aliphatic rings. The topological polar surface area (TPSA) is 41.6 Å². The fraction of sp³-hybridized carbons (Fsp3) is 0.900. The molecule has 1 amide bonds. The molecule has 0 aromatic rings. The maximum atomic E-state index is 11.4. The van der Waals surface area contributed by atoms with Crippen LogP contribution in [0, 0.1) is 0 Å². The molecular formula is C10H17NO2. The molecule has 3 heteroatoms. The summed E-state index contributed by atoms with van der Waals surface area (Å²) in [5.74, 6) is 0.114. The summed E-state index contributed by atoms with van der Waals surface area (Å²) < 4.78 is 5.30. The molecule has 2 fully saturated rings. The zero-order valence-electron chi connectivity index (χ0n) is 8.08. The van der Waals surface area contributed by atoms with Crippen molar-refractivity contribution < 1.29 is 9.53 Å². The number of hydrogen-bond acceptors (Lipinski definition) is 2. The zero-order chi connectivity index (χ0) is 9.26. The molecule has 13 heavy (non-hydrogen) atoms. The van der Waals surface area contributed by atoms with Crippen LogP contribution in [0.3, 0.4) is 0 Å². The molecular weight excluding hydrogens is 166 g/mol. The average Bonchev–Trinajstić information content (AvgIpc) is 2.95. The molecule has 1 saturated carbocycles. The lowest BCUT2D eigenvalue weighted by Gasteiger charge is -1.98. The molecule has 1 saturated heterocycles. The van der Waals surface area contributed by atoms with Crippen molar-refractivity contribution in [2.24, 2.45) is 0 Å². The van der Waals surface area contributed by atoms with Gasteiger partial charge in [0.25, 0.3) is 5.91 Å². The van der Waals surface area contributed by atoms with Gasteiger partial charge in [-0.2, -0.15) is 0 Å². The van der Waals surface area contributed by atoms with E-state index in [-0.39, 0.29) is 18.1 Å². The van der Waals surface area contributed by atoms with E-state index >= 15 is 0 Å². The van der Waals surface area contributed by atoms with Gasteiger partial charge in [0.1, 0.15) is 0 Å². The minimum atomic E-state index is -0.118. The van der Waals surface area contributed by atoms with E-state index in [0.29, 0.717) is 6.04 Å². The number of ether oxygens (including phenoxy) is 1. The van der Waals surface area contributed by atoms with Crippen molar-refractivity contribution >= 4 is 5.91 Å². The number of hydrogen-bond donors (Lipinski definition) is 1. The molecule has 0 aromatic heterocycles. The molecule has 0 aromatic carbocycles. The Morgan fingerprint density at radius 3 is 2.92 bits per heavy atom. The number of amides is 1. The van der Waals surface area contributed by atoms with E-state index in [1.165, 1.54) is 6.42 Å². The predicted octanol–water partition coefficient (Wildman–Crippen LogP) is 1.22.